The Balaban J connectivity index is 3.80. The molecule has 0 aliphatic carbocycles. The van der Waals surface area contributed by atoms with Gasteiger partial charge >= 0.3 is 0 Å². The van der Waals surface area contributed by atoms with Gasteiger partial charge in [-0.05, 0) is 27.2 Å². The van der Waals surface area contributed by atoms with Gasteiger partial charge in [-0.1, -0.05) is 6.92 Å². The molecule has 0 saturated carbocycles. The first kappa shape index (κ1) is 13.4. The van der Waals surface area contributed by atoms with Crippen molar-refractivity contribution in [2.75, 3.05) is 6.61 Å². The first-order chi connectivity index (χ1) is 6.33. The molecule has 0 radical (unpaired) electrons. The van der Waals surface area contributed by atoms with Crippen molar-refractivity contribution in [1.29, 1.82) is 0 Å². The van der Waals surface area contributed by atoms with Crippen molar-refractivity contribution >= 4 is 0 Å². The zero-order chi connectivity index (χ0) is 11.2. The molecule has 0 fully saturated rings. The van der Waals surface area contributed by atoms with E-state index in [4.69, 9.17) is 11.2 Å². The van der Waals surface area contributed by atoms with Gasteiger partial charge in [0, 0.05) is 12.8 Å². The van der Waals surface area contributed by atoms with Crippen LogP contribution < -0.4 is 0 Å². The van der Waals surface area contributed by atoms with E-state index < -0.39 is 5.67 Å². The molecule has 0 amide bonds. The highest BCUT2D eigenvalue weighted by molar-refractivity contribution is 4.91. The van der Waals surface area contributed by atoms with Gasteiger partial charge in [-0.2, -0.15) is 0 Å². The Morgan fingerprint density at radius 1 is 1.36 bits per heavy atom. The second kappa shape index (κ2) is 5.36. The van der Waals surface area contributed by atoms with E-state index in [1.165, 1.54) is 0 Å². The lowest BCUT2D eigenvalue weighted by Gasteiger charge is -2.25. The minimum Gasteiger partial charge on any atom is -0.374 e. The molecule has 1 unspecified atom stereocenters. The predicted molar refractivity (Wildman–Crippen MR) is 57.9 cm³/mol. The van der Waals surface area contributed by atoms with Crippen LogP contribution in [0.25, 0.3) is 0 Å². The second-order valence-corrected chi connectivity index (χ2v) is 4.51. The molecule has 0 spiro atoms. The van der Waals surface area contributed by atoms with Gasteiger partial charge in [-0.15, -0.1) is 12.3 Å². The van der Waals surface area contributed by atoms with Crippen molar-refractivity contribution in [2.45, 2.75) is 58.2 Å². The van der Waals surface area contributed by atoms with Crippen LogP contribution in [0.5, 0.6) is 0 Å². The summed E-state index contributed by atoms with van der Waals surface area (Å²) < 4.78 is 19.0. The topological polar surface area (TPSA) is 9.23 Å². The molecule has 1 nitrogen and oxygen atoms in total. The average molecular weight is 200 g/mol. The van der Waals surface area contributed by atoms with E-state index in [1.807, 2.05) is 20.8 Å². The van der Waals surface area contributed by atoms with Gasteiger partial charge in [0.25, 0.3) is 0 Å². The lowest BCUT2D eigenvalue weighted by Crippen LogP contribution is -2.27. The highest BCUT2D eigenvalue weighted by Gasteiger charge is 2.23. The van der Waals surface area contributed by atoms with Crippen LogP contribution in [0.2, 0.25) is 0 Å². The highest BCUT2D eigenvalue weighted by atomic mass is 19.1. The SMILES string of the molecule is C#CCC(C)(C)OCCC(C)(F)CC. The van der Waals surface area contributed by atoms with Crippen LogP contribution in [0.3, 0.4) is 0 Å². The van der Waals surface area contributed by atoms with E-state index in [0.717, 1.165) is 0 Å². The summed E-state index contributed by atoms with van der Waals surface area (Å²) in [7, 11) is 0. The summed E-state index contributed by atoms with van der Waals surface area (Å²) in [6.45, 7) is 7.72. The summed E-state index contributed by atoms with van der Waals surface area (Å²) >= 11 is 0. The number of ether oxygens (including phenoxy) is 1. The summed E-state index contributed by atoms with van der Waals surface area (Å²) in [5.74, 6) is 2.55. The summed E-state index contributed by atoms with van der Waals surface area (Å²) in [6, 6.07) is 0. The monoisotopic (exact) mass is 200 g/mol. The fourth-order valence-corrected chi connectivity index (χ4v) is 1.01. The van der Waals surface area contributed by atoms with Gasteiger partial charge in [-0.3, -0.25) is 0 Å². The molecule has 82 valence electrons. The number of terminal acetylenes is 1. The minimum absolute atomic E-state index is 0.335. The molecule has 0 aromatic heterocycles. The third kappa shape index (κ3) is 5.99. The summed E-state index contributed by atoms with van der Waals surface area (Å²) in [4.78, 5) is 0. The number of alkyl halides is 1. The summed E-state index contributed by atoms with van der Waals surface area (Å²) in [5.41, 5.74) is -1.45. The third-order valence-electron chi connectivity index (χ3n) is 2.38. The van der Waals surface area contributed by atoms with Crippen LogP contribution in [-0.4, -0.2) is 17.9 Å². The molecule has 0 aromatic carbocycles. The van der Waals surface area contributed by atoms with Crippen molar-refractivity contribution in [3.05, 3.63) is 0 Å². The molecule has 0 rings (SSSR count). The zero-order valence-electron chi connectivity index (χ0n) is 9.69. The van der Waals surface area contributed by atoms with Crippen LogP contribution >= 0.6 is 0 Å². The lowest BCUT2D eigenvalue weighted by atomic mass is 10.0. The van der Waals surface area contributed by atoms with Gasteiger partial charge in [0.15, 0.2) is 0 Å². The van der Waals surface area contributed by atoms with Gasteiger partial charge in [0.2, 0.25) is 0 Å². The van der Waals surface area contributed by atoms with E-state index in [2.05, 4.69) is 5.92 Å². The Morgan fingerprint density at radius 3 is 2.36 bits per heavy atom. The molecule has 0 saturated heterocycles. The Labute approximate surface area is 87.0 Å². The Kier molecular flexibility index (Phi) is 5.15. The number of hydrogen-bond donors (Lipinski definition) is 0. The van der Waals surface area contributed by atoms with Crippen molar-refractivity contribution in [3.8, 4) is 12.3 Å². The molecule has 0 bridgehead atoms. The zero-order valence-corrected chi connectivity index (χ0v) is 9.69. The number of rotatable bonds is 6. The predicted octanol–water partition coefficient (Wildman–Crippen LogP) is 3.33. The normalized spacial score (nSPS) is 16.0. The van der Waals surface area contributed by atoms with Gasteiger partial charge in [-0.25, -0.2) is 4.39 Å². The Morgan fingerprint density at radius 2 is 1.93 bits per heavy atom. The molecular formula is C12H21FO. The van der Waals surface area contributed by atoms with E-state index >= 15 is 0 Å². The van der Waals surface area contributed by atoms with Gasteiger partial charge < -0.3 is 4.74 Å². The van der Waals surface area contributed by atoms with Crippen LogP contribution in [0, 0.1) is 12.3 Å². The Bertz CT molecular complexity index is 201. The molecule has 0 aliphatic heterocycles. The van der Waals surface area contributed by atoms with Crippen molar-refractivity contribution in [1.82, 2.24) is 0 Å². The van der Waals surface area contributed by atoms with Crippen molar-refractivity contribution in [3.63, 3.8) is 0 Å². The van der Waals surface area contributed by atoms with E-state index in [0.29, 0.717) is 25.9 Å². The molecule has 14 heavy (non-hydrogen) atoms. The standard InChI is InChI=1S/C12H21FO/c1-6-8-11(3,4)14-10-9-12(5,13)7-2/h1H,7-10H2,2-5H3. The van der Waals surface area contributed by atoms with Crippen LogP contribution in [0.15, 0.2) is 0 Å². The smallest absolute Gasteiger partial charge is 0.110 e. The fraction of sp³-hybridized carbons (Fsp3) is 0.833. The maximum Gasteiger partial charge on any atom is 0.110 e. The van der Waals surface area contributed by atoms with Gasteiger partial charge in [0.1, 0.15) is 5.67 Å². The fourth-order valence-electron chi connectivity index (χ4n) is 1.01. The molecule has 0 aliphatic rings. The van der Waals surface area contributed by atoms with Crippen LogP contribution in [0.4, 0.5) is 4.39 Å². The maximum absolute atomic E-state index is 13.5. The maximum atomic E-state index is 13.5. The highest BCUT2D eigenvalue weighted by Crippen LogP contribution is 2.21. The van der Waals surface area contributed by atoms with Gasteiger partial charge in [0.05, 0.1) is 12.2 Å². The lowest BCUT2D eigenvalue weighted by molar-refractivity contribution is -0.0312. The number of halogens is 1. The van der Waals surface area contributed by atoms with E-state index in [-0.39, 0.29) is 5.60 Å². The second-order valence-electron chi connectivity index (χ2n) is 4.51. The number of hydrogen-bond acceptors (Lipinski definition) is 1. The first-order valence-electron chi connectivity index (χ1n) is 5.09. The molecular weight excluding hydrogens is 179 g/mol. The van der Waals surface area contributed by atoms with Crippen LogP contribution in [0.1, 0.15) is 47.0 Å². The molecule has 0 N–H and O–H groups in total. The quantitative estimate of drug-likeness (QED) is 0.597. The van der Waals surface area contributed by atoms with Crippen molar-refractivity contribution < 1.29 is 9.13 Å². The molecule has 0 aromatic rings. The third-order valence-corrected chi connectivity index (χ3v) is 2.38. The molecule has 1 atom stereocenters. The van der Waals surface area contributed by atoms with E-state index in [1.54, 1.807) is 6.92 Å². The molecule has 2 heteroatoms. The van der Waals surface area contributed by atoms with Crippen LogP contribution in [-0.2, 0) is 4.74 Å². The largest absolute Gasteiger partial charge is 0.374 e. The van der Waals surface area contributed by atoms with E-state index in [9.17, 15) is 4.39 Å². The first-order valence-corrected chi connectivity index (χ1v) is 5.09. The molecule has 0 heterocycles. The summed E-state index contributed by atoms with van der Waals surface area (Å²) in [5, 5.41) is 0. The average Bonchev–Trinajstić information content (AvgIpc) is 2.03. The Hall–Kier alpha value is -0.550. The minimum atomic E-state index is -1.12. The van der Waals surface area contributed by atoms with Crippen molar-refractivity contribution in [2.24, 2.45) is 0 Å². The summed E-state index contributed by atoms with van der Waals surface area (Å²) in [6.07, 6.45) is 6.70.